The Morgan fingerprint density at radius 1 is 1.36 bits per heavy atom. The lowest BCUT2D eigenvalue weighted by molar-refractivity contribution is 0.117. The monoisotopic (exact) mass is 423 g/mol. The van der Waals surface area contributed by atoms with Crippen LogP contribution < -0.4 is 5.32 Å². The number of halogens is 1. The van der Waals surface area contributed by atoms with Crippen LogP contribution in [0.25, 0.3) is 0 Å². The quantitative estimate of drug-likeness (QED) is 0.808. The lowest BCUT2D eigenvalue weighted by Crippen LogP contribution is -2.47. The molecule has 1 aliphatic heterocycles. The second kappa shape index (κ2) is 7.81. The van der Waals surface area contributed by atoms with Crippen molar-refractivity contribution in [1.82, 2.24) is 14.5 Å². The number of hydrogen-bond acceptors (Lipinski definition) is 7. The molecule has 2 aromatic rings. The number of nitriles is 1. The Hall–Kier alpha value is -2.58. The van der Waals surface area contributed by atoms with Gasteiger partial charge >= 0.3 is 6.03 Å². The standard InChI is InChI=1S/C17H18FN5O3S2/c1-17(18,28(25,26)14-4-2-12(10-19)3-5-14)13-6-8-23(9-7-13)16(24)21-15-11-20-22-27-15/h2-5,11,13H,6-9H2,1H3,(H,21,24). The number of anilines is 1. The van der Waals surface area contributed by atoms with Crippen molar-refractivity contribution in [2.45, 2.75) is 29.7 Å². The maximum atomic E-state index is 15.5. The SMILES string of the molecule is CC(F)(C1CCN(C(=O)Nc2cnns2)CC1)S(=O)(=O)c1ccc(C#N)cc1. The summed E-state index contributed by atoms with van der Waals surface area (Å²) in [4.78, 5) is 13.6. The number of likely N-dealkylation sites (tertiary alicyclic amines) is 1. The zero-order chi connectivity index (χ0) is 20.4. The molecule has 1 aromatic carbocycles. The third-order valence-electron chi connectivity index (χ3n) is 4.92. The van der Waals surface area contributed by atoms with E-state index in [0.29, 0.717) is 10.6 Å². The van der Waals surface area contributed by atoms with Gasteiger partial charge in [0.15, 0.2) is 0 Å². The lowest BCUT2D eigenvalue weighted by atomic mass is 9.92. The van der Waals surface area contributed by atoms with Gasteiger partial charge in [-0.1, -0.05) is 4.49 Å². The molecule has 3 rings (SSSR count). The minimum atomic E-state index is -4.25. The van der Waals surface area contributed by atoms with Crippen LogP contribution >= 0.6 is 11.5 Å². The Kier molecular flexibility index (Phi) is 5.62. The van der Waals surface area contributed by atoms with Crippen LogP contribution in [-0.2, 0) is 9.84 Å². The zero-order valence-corrected chi connectivity index (χ0v) is 16.6. The van der Waals surface area contributed by atoms with Crippen LogP contribution in [0.15, 0.2) is 35.4 Å². The van der Waals surface area contributed by atoms with E-state index in [0.717, 1.165) is 18.5 Å². The molecule has 2 heterocycles. The van der Waals surface area contributed by atoms with Crippen LogP contribution in [0.2, 0.25) is 0 Å². The fraction of sp³-hybridized carbons (Fsp3) is 0.412. The zero-order valence-electron chi connectivity index (χ0n) is 15.0. The Bertz CT molecular complexity index is 977. The van der Waals surface area contributed by atoms with E-state index in [1.165, 1.54) is 35.4 Å². The molecule has 1 saturated heterocycles. The van der Waals surface area contributed by atoms with E-state index in [4.69, 9.17) is 5.26 Å². The second-order valence-electron chi connectivity index (χ2n) is 6.60. The topological polar surface area (TPSA) is 116 Å². The molecule has 11 heteroatoms. The van der Waals surface area contributed by atoms with Crippen molar-refractivity contribution >= 4 is 32.4 Å². The minimum absolute atomic E-state index is 0.158. The molecule has 1 fully saturated rings. The number of carbonyl (C=O) groups excluding carboxylic acids is 1. The summed E-state index contributed by atoms with van der Waals surface area (Å²) < 4.78 is 44.8. The summed E-state index contributed by atoms with van der Waals surface area (Å²) in [5, 5.41) is 13.1. The number of nitrogens with zero attached hydrogens (tertiary/aromatic N) is 4. The van der Waals surface area contributed by atoms with Crippen molar-refractivity contribution in [3.8, 4) is 6.07 Å². The Morgan fingerprint density at radius 3 is 2.54 bits per heavy atom. The number of nitrogens with one attached hydrogen (secondary N) is 1. The molecule has 148 valence electrons. The molecule has 0 spiro atoms. The summed E-state index contributed by atoms with van der Waals surface area (Å²) in [6.45, 7) is 1.56. The number of alkyl halides is 1. The molecule has 0 radical (unpaired) electrons. The van der Waals surface area contributed by atoms with Gasteiger partial charge in [0, 0.05) is 30.5 Å². The van der Waals surface area contributed by atoms with Gasteiger partial charge in [-0.05, 0) is 44.0 Å². The van der Waals surface area contributed by atoms with E-state index in [1.54, 1.807) is 0 Å². The van der Waals surface area contributed by atoms with Crippen molar-refractivity contribution in [1.29, 1.82) is 5.26 Å². The molecular formula is C17H18FN5O3S2. The number of piperidine rings is 1. The van der Waals surface area contributed by atoms with Gasteiger partial charge in [0.1, 0.15) is 5.00 Å². The van der Waals surface area contributed by atoms with Crippen molar-refractivity contribution in [2.75, 3.05) is 18.4 Å². The molecular weight excluding hydrogens is 405 g/mol. The predicted molar refractivity (Wildman–Crippen MR) is 101 cm³/mol. The van der Waals surface area contributed by atoms with E-state index in [2.05, 4.69) is 14.9 Å². The van der Waals surface area contributed by atoms with E-state index in [9.17, 15) is 13.2 Å². The number of benzene rings is 1. The predicted octanol–water partition coefficient (Wildman–Crippen LogP) is 2.81. The Morgan fingerprint density at radius 2 is 2.00 bits per heavy atom. The fourth-order valence-electron chi connectivity index (χ4n) is 3.16. The molecule has 8 nitrogen and oxygen atoms in total. The number of aromatic nitrogens is 2. The van der Waals surface area contributed by atoms with Crippen LogP contribution in [0.1, 0.15) is 25.3 Å². The van der Waals surface area contributed by atoms with Crippen LogP contribution in [-0.4, -0.2) is 47.0 Å². The maximum Gasteiger partial charge on any atom is 0.322 e. The third kappa shape index (κ3) is 3.83. The average Bonchev–Trinajstić information content (AvgIpc) is 3.21. The summed E-state index contributed by atoms with van der Waals surface area (Å²) in [6.07, 6.45) is 1.87. The first-order valence-electron chi connectivity index (χ1n) is 8.52. The summed E-state index contributed by atoms with van der Waals surface area (Å²) >= 11 is 1.04. The lowest BCUT2D eigenvalue weighted by Gasteiger charge is -2.37. The normalized spacial score (nSPS) is 17.5. The fourth-order valence-corrected chi connectivity index (χ4v) is 5.20. The Labute approximate surface area is 166 Å². The van der Waals surface area contributed by atoms with Gasteiger partial charge < -0.3 is 4.90 Å². The number of urea groups is 1. The number of sulfone groups is 1. The molecule has 0 bridgehead atoms. The molecule has 1 aliphatic rings. The van der Waals surface area contributed by atoms with Gasteiger partial charge in [0.2, 0.25) is 14.8 Å². The first-order chi connectivity index (χ1) is 13.3. The van der Waals surface area contributed by atoms with E-state index in [-0.39, 0.29) is 36.9 Å². The highest BCUT2D eigenvalue weighted by atomic mass is 32.2. The second-order valence-corrected chi connectivity index (χ2v) is 9.66. The Balaban J connectivity index is 1.68. The van der Waals surface area contributed by atoms with Crippen LogP contribution in [0.5, 0.6) is 0 Å². The molecule has 28 heavy (non-hydrogen) atoms. The number of carbonyl (C=O) groups is 1. The minimum Gasteiger partial charge on any atom is -0.324 e. The van der Waals surface area contributed by atoms with Gasteiger partial charge in [-0.15, -0.1) is 5.10 Å². The van der Waals surface area contributed by atoms with Crippen LogP contribution in [0.3, 0.4) is 0 Å². The van der Waals surface area contributed by atoms with Crippen molar-refractivity contribution in [3.05, 3.63) is 36.0 Å². The molecule has 1 N–H and O–H groups in total. The molecule has 1 atom stereocenters. The maximum absolute atomic E-state index is 15.5. The first-order valence-corrected chi connectivity index (χ1v) is 10.8. The van der Waals surface area contributed by atoms with Crippen molar-refractivity contribution in [2.24, 2.45) is 5.92 Å². The van der Waals surface area contributed by atoms with E-state index in [1.807, 2.05) is 6.07 Å². The number of hydrogen-bond donors (Lipinski definition) is 1. The van der Waals surface area contributed by atoms with Gasteiger partial charge in [-0.2, -0.15) is 5.26 Å². The average molecular weight is 423 g/mol. The number of rotatable bonds is 4. The smallest absolute Gasteiger partial charge is 0.322 e. The molecule has 0 saturated carbocycles. The summed E-state index contributed by atoms with van der Waals surface area (Å²) in [7, 11) is -4.25. The highest BCUT2D eigenvalue weighted by Crippen LogP contribution is 2.39. The first kappa shape index (κ1) is 20.2. The summed E-state index contributed by atoms with van der Waals surface area (Å²) in [6, 6.07) is 6.75. The van der Waals surface area contributed by atoms with Gasteiger partial charge in [-0.3, -0.25) is 5.32 Å². The van der Waals surface area contributed by atoms with E-state index >= 15 is 4.39 Å². The molecule has 0 aliphatic carbocycles. The third-order valence-corrected chi connectivity index (χ3v) is 7.78. The van der Waals surface area contributed by atoms with Gasteiger partial charge in [0.05, 0.1) is 22.7 Å². The molecule has 2 amide bonds. The van der Waals surface area contributed by atoms with Crippen LogP contribution in [0.4, 0.5) is 14.2 Å². The largest absolute Gasteiger partial charge is 0.324 e. The number of amides is 2. The van der Waals surface area contributed by atoms with E-state index < -0.39 is 20.8 Å². The highest BCUT2D eigenvalue weighted by Gasteiger charge is 2.48. The van der Waals surface area contributed by atoms with Crippen LogP contribution in [0, 0.1) is 17.2 Å². The molecule has 1 unspecified atom stereocenters. The summed E-state index contributed by atoms with van der Waals surface area (Å²) in [5.74, 6) is -0.748. The molecule has 1 aromatic heterocycles. The van der Waals surface area contributed by atoms with Crippen molar-refractivity contribution in [3.63, 3.8) is 0 Å². The summed E-state index contributed by atoms with van der Waals surface area (Å²) in [5.41, 5.74) is 0.301. The highest BCUT2D eigenvalue weighted by molar-refractivity contribution is 7.92. The van der Waals surface area contributed by atoms with Crippen molar-refractivity contribution < 1.29 is 17.6 Å². The van der Waals surface area contributed by atoms with Gasteiger partial charge in [-0.25, -0.2) is 17.6 Å². The van der Waals surface area contributed by atoms with Gasteiger partial charge in [0.25, 0.3) is 0 Å².